The standard InChI is InChI=1S/C25H30N2O5/c1-15(2)32-10-9-27-24(28)22(21-8-7-16(3)11-17(21)4)23(25(27)29)26-18-12-19(30-5)14-20(13-18)31-6/h7-8,11-15,26H,9-10H2,1-6H3. The minimum atomic E-state index is -0.390. The lowest BCUT2D eigenvalue weighted by atomic mass is 9.97. The van der Waals surface area contributed by atoms with Gasteiger partial charge in [0.2, 0.25) is 0 Å². The van der Waals surface area contributed by atoms with Crippen molar-refractivity contribution < 1.29 is 23.8 Å². The van der Waals surface area contributed by atoms with Gasteiger partial charge in [-0.15, -0.1) is 0 Å². The second-order valence-electron chi connectivity index (χ2n) is 7.98. The molecule has 3 rings (SSSR count). The van der Waals surface area contributed by atoms with Crippen LogP contribution in [0.5, 0.6) is 11.5 Å². The number of rotatable bonds is 9. The van der Waals surface area contributed by atoms with Crippen molar-refractivity contribution in [2.75, 3.05) is 32.7 Å². The Morgan fingerprint density at radius 2 is 1.59 bits per heavy atom. The monoisotopic (exact) mass is 438 g/mol. The van der Waals surface area contributed by atoms with E-state index in [0.29, 0.717) is 22.8 Å². The normalized spacial score (nSPS) is 13.9. The molecule has 1 aliphatic heterocycles. The number of benzene rings is 2. The molecule has 0 aliphatic carbocycles. The summed E-state index contributed by atoms with van der Waals surface area (Å²) in [5.74, 6) is 0.407. The van der Waals surface area contributed by atoms with E-state index in [2.05, 4.69) is 5.32 Å². The van der Waals surface area contributed by atoms with E-state index < -0.39 is 0 Å². The molecule has 0 fully saturated rings. The first-order chi connectivity index (χ1) is 15.2. The van der Waals surface area contributed by atoms with E-state index in [4.69, 9.17) is 14.2 Å². The van der Waals surface area contributed by atoms with E-state index in [-0.39, 0.29) is 36.8 Å². The summed E-state index contributed by atoms with van der Waals surface area (Å²) in [5, 5.41) is 3.16. The quantitative estimate of drug-likeness (QED) is 0.598. The highest BCUT2D eigenvalue weighted by atomic mass is 16.5. The van der Waals surface area contributed by atoms with Crippen LogP contribution in [0.1, 0.15) is 30.5 Å². The number of methoxy groups -OCH3 is 2. The number of imide groups is 1. The molecule has 0 spiro atoms. The van der Waals surface area contributed by atoms with Crippen LogP contribution in [-0.2, 0) is 14.3 Å². The first-order valence-corrected chi connectivity index (χ1v) is 10.5. The summed E-state index contributed by atoms with van der Waals surface area (Å²) in [7, 11) is 3.11. The number of hydrogen-bond acceptors (Lipinski definition) is 6. The average Bonchev–Trinajstić information content (AvgIpc) is 2.97. The van der Waals surface area contributed by atoms with Crippen molar-refractivity contribution in [2.45, 2.75) is 33.8 Å². The Labute approximate surface area is 189 Å². The summed E-state index contributed by atoms with van der Waals surface area (Å²) in [6.07, 6.45) is 0.0106. The number of anilines is 1. The Morgan fingerprint density at radius 1 is 0.938 bits per heavy atom. The molecule has 0 radical (unpaired) electrons. The zero-order chi connectivity index (χ0) is 23.4. The first kappa shape index (κ1) is 23.3. The van der Waals surface area contributed by atoms with Crippen molar-refractivity contribution in [1.82, 2.24) is 4.90 Å². The zero-order valence-corrected chi connectivity index (χ0v) is 19.4. The van der Waals surface area contributed by atoms with Gasteiger partial charge >= 0.3 is 0 Å². The Hall–Kier alpha value is -3.32. The second-order valence-corrected chi connectivity index (χ2v) is 7.98. The molecule has 0 bridgehead atoms. The molecule has 7 heteroatoms. The van der Waals surface area contributed by atoms with Crippen LogP contribution in [0.25, 0.3) is 5.57 Å². The Kier molecular flexibility index (Phi) is 7.20. The fraction of sp³-hybridized carbons (Fsp3) is 0.360. The fourth-order valence-electron chi connectivity index (χ4n) is 3.64. The van der Waals surface area contributed by atoms with Crippen molar-refractivity contribution in [3.63, 3.8) is 0 Å². The number of ether oxygens (including phenoxy) is 3. The molecule has 0 unspecified atom stereocenters. The molecule has 0 saturated heterocycles. The van der Waals surface area contributed by atoms with Crippen LogP contribution in [-0.4, -0.2) is 50.2 Å². The van der Waals surface area contributed by atoms with E-state index >= 15 is 0 Å². The molecule has 32 heavy (non-hydrogen) atoms. The number of carbonyl (C=O) groups is 2. The summed E-state index contributed by atoms with van der Waals surface area (Å²) in [5.41, 5.74) is 3.88. The summed E-state index contributed by atoms with van der Waals surface area (Å²) in [6, 6.07) is 11.0. The predicted octanol–water partition coefficient (Wildman–Crippen LogP) is 3.94. The number of nitrogens with zero attached hydrogens (tertiary/aromatic N) is 1. The van der Waals surface area contributed by atoms with Crippen LogP contribution in [0, 0.1) is 13.8 Å². The van der Waals surface area contributed by atoms with E-state index in [9.17, 15) is 9.59 Å². The van der Waals surface area contributed by atoms with Crippen LogP contribution in [0.4, 0.5) is 5.69 Å². The van der Waals surface area contributed by atoms with Gasteiger partial charge in [0.15, 0.2) is 0 Å². The SMILES string of the molecule is COc1cc(NC2=C(c3ccc(C)cc3C)C(=O)N(CCOC(C)C)C2=O)cc(OC)c1. The van der Waals surface area contributed by atoms with Crippen molar-refractivity contribution in [2.24, 2.45) is 0 Å². The maximum absolute atomic E-state index is 13.4. The van der Waals surface area contributed by atoms with Gasteiger partial charge < -0.3 is 19.5 Å². The lowest BCUT2D eigenvalue weighted by Gasteiger charge is -2.17. The molecule has 170 valence electrons. The highest BCUT2D eigenvalue weighted by Gasteiger charge is 2.39. The maximum Gasteiger partial charge on any atom is 0.278 e. The van der Waals surface area contributed by atoms with Crippen LogP contribution in [0.2, 0.25) is 0 Å². The average molecular weight is 439 g/mol. The maximum atomic E-state index is 13.4. The smallest absolute Gasteiger partial charge is 0.278 e. The topological polar surface area (TPSA) is 77.1 Å². The molecule has 7 nitrogen and oxygen atoms in total. The number of carbonyl (C=O) groups excluding carboxylic acids is 2. The van der Waals surface area contributed by atoms with Crippen molar-refractivity contribution in [3.8, 4) is 11.5 Å². The molecule has 2 aromatic rings. The van der Waals surface area contributed by atoms with Crippen LogP contribution >= 0.6 is 0 Å². The van der Waals surface area contributed by atoms with Crippen LogP contribution in [0.15, 0.2) is 42.1 Å². The lowest BCUT2D eigenvalue weighted by Crippen LogP contribution is -2.35. The third-order valence-corrected chi connectivity index (χ3v) is 5.21. The Balaban J connectivity index is 2.05. The Bertz CT molecular complexity index is 1040. The zero-order valence-electron chi connectivity index (χ0n) is 19.4. The van der Waals surface area contributed by atoms with Gasteiger partial charge in [0.1, 0.15) is 17.2 Å². The van der Waals surface area contributed by atoms with Gasteiger partial charge in [-0.1, -0.05) is 23.8 Å². The van der Waals surface area contributed by atoms with E-state index in [1.807, 2.05) is 45.9 Å². The molecule has 0 atom stereocenters. The van der Waals surface area contributed by atoms with Gasteiger partial charge in [0, 0.05) is 23.9 Å². The third-order valence-electron chi connectivity index (χ3n) is 5.21. The van der Waals surface area contributed by atoms with Gasteiger partial charge in [-0.25, -0.2) is 0 Å². The summed E-state index contributed by atoms with van der Waals surface area (Å²) in [4.78, 5) is 27.9. The molecule has 0 aromatic heterocycles. The van der Waals surface area contributed by atoms with Gasteiger partial charge in [-0.2, -0.15) is 0 Å². The summed E-state index contributed by atoms with van der Waals surface area (Å²) in [6.45, 7) is 8.20. The fourth-order valence-corrected chi connectivity index (χ4v) is 3.64. The minimum Gasteiger partial charge on any atom is -0.497 e. The largest absolute Gasteiger partial charge is 0.497 e. The number of hydrogen-bond donors (Lipinski definition) is 1. The van der Waals surface area contributed by atoms with Gasteiger partial charge in [-0.05, 0) is 38.8 Å². The molecule has 1 aliphatic rings. The summed E-state index contributed by atoms with van der Waals surface area (Å²) >= 11 is 0. The van der Waals surface area contributed by atoms with Gasteiger partial charge in [0.05, 0.1) is 39.0 Å². The molecule has 2 amide bonds. The third kappa shape index (κ3) is 4.94. The van der Waals surface area contributed by atoms with Crippen molar-refractivity contribution in [3.05, 3.63) is 58.8 Å². The van der Waals surface area contributed by atoms with Crippen molar-refractivity contribution >= 4 is 23.1 Å². The molecule has 1 N–H and O–H groups in total. The molecular formula is C25H30N2O5. The minimum absolute atomic E-state index is 0.0106. The van der Waals surface area contributed by atoms with Gasteiger partial charge in [0.25, 0.3) is 11.8 Å². The van der Waals surface area contributed by atoms with E-state index in [0.717, 1.165) is 16.7 Å². The van der Waals surface area contributed by atoms with E-state index in [1.54, 1.807) is 32.4 Å². The number of amides is 2. The first-order valence-electron chi connectivity index (χ1n) is 10.5. The van der Waals surface area contributed by atoms with Crippen LogP contribution in [0.3, 0.4) is 0 Å². The lowest BCUT2D eigenvalue weighted by molar-refractivity contribution is -0.137. The number of aryl methyl sites for hydroxylation is 2. The molecule has 1 heterocycles. The second kappa shape index (κ2) is 9.87. The van der Waals surface area contributed by atoms with Crippen LogP contribution < -0.4 is 14.8 Å². The molecular weight excluding hydrogens is 408 g/mol. The van der Waals surface area contributed by atoms with Crippen molar-refractivity contribution in [1.29, 1.82) is 0 Å². The van der Waals surface area contributed by atoms with E-state index in [1.165, 1.54) is 4.90 Å². The van der Waals surface area contributed by atoms with Gasteiger partial charge in [-0.3, -0.25) is 14.5 Å². The summed E-state index contributed by atoms with van der Waals surface area (Å²) < 4.78 is 16.2. The predicted molar refractivity (Wildman–Crippen MR) is 124 cm³/mol. The highest BCUT2D eigenvalue weighted by molar-refractivity contribution is 6.36. The molecule has 0 saturated carbocycles. The number of nitrogens with one attached hydrogen (secondary N) is 1. The molecule has 2 aromatic carbocycles. The Morgan fingerprint density at radius 3 is 2.16 bits per heavy atom. The highest BCUT2D eigenvalue weighted by Crippen LogP contribution is 2.34.